The van der Waals surface area contributed by atoms with Gasteiger partial charge in [-0.1, -0.05) is 24.3 Å². The standard InChI is InChI=1S/C18H30O/c1-2-4-15-6-10-17(11-7-15)18-12-8-16(9-13-18)5-3-14-19/h2-5,15-19H,6-14H2,1H3/t15-,16-,17-,18-. The quantitative estimate of drug-likeness (QED) is 0.727. The van der Waals surface area contributed by atoms with Crippen molar-refractivity contribution in [3.8, 4) is 0 Å². The van der Waals surface area contributed by atoms with Gasteiger partial charge in [0.05, 0.1) is 6.61 Å². The smallest absolute Gasteiger partial charge is 0.0612 e. The number of aliphatic hydroxyl groups is 1. The van der Waals surface area contributed by atoms with E-state index in [0.29, 0.717) is 0 Å². The molecule has 2 fully saturated rings. The van der Waals surface area contributed by atoms with E-state index in [2.05, 4.69) is 25.2 Å². The van der Waals surface area contributed by atoms with Gasteiger partial charge in [-0.2, -0.15) is 0 Å². The predicted octanol–water partition coefficient (Wildman–Crippen LogP) is 4.72. The molecule has 0 bridgehead atoms. The van der Waals surface area contributed by atoms with Gasteiger partial charge >= 0.3 is 0 Å². The van der Waals surface area contributed by atoms with E-state index >= 15 is 0 Å². The lowest BCUT2D eigenvalue weighted by molar-refractivity contribution is 0.166. The summed E-state index contributed by atoms with van der Waals surface area (Å²) in [6, 6.07) is 0. The van der Waals surface area contributed by atoms with Crippen molar-refractivity contribution in [1.82, 2.24) is 0 Å². The summed E-state index contributed by atoms with van der Waals surface area (Å²) in [5, 5.41) is 8.83. The molecular weight excluding hydrogens is 232 g/mol. The summed E-state index contributed by atoms with van der Waals surface area (Å²) in [5.41, 5.74) is 0. The van der Waals surface area contributed by atoms with Crippen LogP contribution < -0.4 is 0 Å². The number of aliphatic hydroxyl groups excluding tert-OH is 1. The Morgan fingerprint density at radius 3 is 1.68 bits per heavy atom. The van der Waals surface area contributed by atoms with Gasteiger partial charge in [0, 0.05) is 0 Å². The van der Waals surface area contributed by atoms with Crippen molar-refractivity contribution in [2.24, 2.45) is 23.7 Å². The number of hydrogen-bond donors (Lipinski definition) is 1. The monoisotopic (exact) mass is 262 g/mol. The fourth-order valence-electron chi connectivity index (χ4n) is 4.14. The third-order valence-electron chi connectivity index (χ3n) is 5.28. The van der Waals surface area contributed by atoms with Gasteiger partial charge in [-0.05, 0) is 82.0 Å². The van der Waals surface area contributed by atoms with Gasteiger partial charge in [-0.25, -0.2) is 0 Å². The summed E-state index contributed by atoms with van der Waals surface area (Å²) in [4.78, 5) is 0. The van der Waals surface area contributed by atoms with Gasteiger partial charge in [0.1, 0.15) is 0 Å². The summed E-state index contributed by atoms with van der Waals surface area (Å²) in [5.74, 6) is 3.60. The van der Waals surface area contributed by atoms with Crippen LogP contribution in [0.25, 0.3) is 0 Å². The molecule has 0 unspecified atom stereocenters. The predicted molar refractivity (Wildman–Crippen MR) is 81.9 cm³/mol. The van der Waals surface area contributed by atoms with Crippen LogP contribution in [0.2, 0.25) is 0 Å². The summed E-state index contributed by atoms with van der Waals surface area (Å²) < 4.78 is 0. The first kappa shape index (κ1) is 14.8. The van der Waals surface area contributed by atoms with Crippen LogP contribution in [0.1, 0.15) is 58.3 Å². The molecule has 0 radical (unpaired) electrons. The molecule has 0 aromatic rings. The van der Waals surface area contributed by atoms with Gasteiger partial charge in [-0.3, -0.25) is 0 Å². The van der Waals surface area contributed by atoms with E-state index in [-0.39, 0.29) is 6.61 Å². The molecule has 0 heterocycles. The molecule has 2 aliphatic carbocycles. The maximum Gasteiger partial charge on any atom is 0.0612 e. The highest BCUT2D eigenvalue weighted by atomic mass is 16.2. The fraction of sp³-hybridized carbons (Fsp3) is 0.778. The second kappa shape index (κ2) is 7.89. The van der Waals surface area contributed by atoms with E-state index < -0.39 is 0 Å². The average Bonchev–Trinajstić information content (AvgIpc) is 2.47. The lowest BCUT2D eigenvalue weighted by Gasteiger charge is -2.36. The van der Waals surface area contributed by atoms with Crippen LogP contribution in [-0.2, 0) is 0 Å². The Hall–Kier alpha value is -0.560. The van der Waals surface area contributed by atoms with Crippen LogP contribution in [0.4, 0.5) is 0 Å². The van der Waals surface area contributed by atoms with E-state index in [9.17, 15) is 0 Å². The van der Waals surface area contributed by atoms with Crippen LogP contribution in [0.5, 0.6) is 0 Å². The lowest BCUT2D eigenvalue weighted by atomic mass is 9.69. The molecule has 0 amide bonds. The first-order valence-corrected chi connectivity index (χ1v) is 8.23. The maximum absolute atomic E-state index is 8.83. The summed E-state index contributed by atoms with van der Waals surface area (Å²) in [6.45, 7) is 2.35. The van der Waals surface area contributed by atoms with Crippen LogP contribution in [0.15, 0.2) is 24.3 Å². The largest absolute Gasteiger partial charge is 0.392 e. The first-order valence-electron chi connectivity index (χ1n) is 8.23. The van der Waals surface area contributed by atoms with Crippen molar-refractivity contribution >= 4 is 0 Å². The van der Waals surface area contributed by atoms with E-state index in [4.69, 9.17) is 5.11 Å². The summed E-state index contributed by atoms with van der Waals surface area (Å²) in [6.07, 6.45) is 20.1. The number of rotatable bonds is 4. The zero-order valence-electron chi connectivity index (χ0n) is 12.4. The van der Waals surface area contributed by atoms with Crippen molar-refractivity contribution < 1.29 is 5.11 Å². The Kier molecular flexibility index (Phi) is 6.16. The normalized spacial score (nSPS) is 37.2. The molecule has 0 aliphatic heterocycles. The van der Waals surface area contributed by atoms with Gasteiger partial charge in [-0.15, -0.1) is 0 Å². The number of allylic oxidation sites excluding steroid dienone is 3. The molecule has 0 atom stereocenters. The van der Waals surface area contributed by atoms with Crippen LogP contribution >= 0.6 is 0 Å². The zero-order valence-corrected chi connectivity index (χ0v) is 12.4. The lowest BCUT2D eigenvalue weighted by Crippen LogP contribution is -2.25. The molecule has 0 aromatic carbocycles. The minimum atomic E-state index is 0.203. The highest BCUT2D eigenvalue weighted by molar-refractivity contribution is 4.94. The Balaban J connectivity index is 1.72. The molecule has 1 heteroatoms. The Morgan fingerprint density at radius 2 is 1.26 bits per heavy atom. The third kappa shape index (κ3) is 4.49. The third-order valence-corrected chi connectivity index (χ3v) is 5.28. The molecule has 0 spiro atoms. The highest BCUT2D eigenvalue weighted by Crippen LogP contribution is 2.41. The fourth-order valence-corrected chi connectivity index (χ4v) is 4.14. The van der Waals surface area contributed by atoms with Crippen LogP contribution in [0.3, 0.4) is 0 Å². The second-order valence-corrected chi connectivity index (χ2v) is 6.49. The van der Waals surface area contributed by atoms with Gasteiger partial charge in [0.15, 0.2) is 0 Å². The molecular formula is C18H30O. The maximum atomic E-state index is 8.83. The van der Waals surface area contributed by atoms with Gasteiger partial charge < -0.3 is 5.11 Å². The van der Waals surface area contributed by atoms with Crippen molar-refractivity contribution in [2.75, 3.05) is 6.61 Å². The topological polar surface area (TPSA) is 20.2 Å². The first-order chi connectivity index (χ1) is 9.33. The molecule has 2 saturated carbocycles. The van der Waals surface area contributed by atoms with Crippen LogP contribution in [-0.4, -0.2) is 11.7 Å². The Labute approximate surface area is 118 Å². The zero-order chi connectivity index (χ0) is 13.5. The molecule has 108 valence electrons. The van der Waals surface area contributed by atoms with Gasteiger partial charge in [0.25, 0.3) is 0 Å². The van der Waals surface area contributed by atoms with Crippen molar-refractivity contribution in [3.63, 3.8) is 0 Å². The van der Waals surface area contributed by atoms with E-state index in [1.54, 1.807) is 0 Å². The Bertz CT molecular complexity index is 289. The van der Waals surface area contributed by atoms with Crippen molar-refractivity contribution in [3.05, 3.63) is 24.3 Å². The minimum absolute atomic E-state index is 0.203. The van der Waals surface area contributed by atoms with E-state index in [0.717, 1.165) is 23.7 Å². The van der Waals surface area contributed by atoms with Crippen molar-refractivity contribution in [1.29, 1.82) is 0 Å². The minimum Gasteiger partial charge on any atom is -0.392 e. The molecule has 1 N–H and O–H groups in total. The van der Waals surface area contributed by atoms with E-state index in [1.165, 1.54) is 51.4 Å². The van der Waals surface area contributed by atoms with Gasteiger partial charge in [0.2, 0.25) is 0 Å². The average molecular weight is 262 g/mol. The molecule has 2 aliphatic rings. The van der Waals surface area contributed by atoms with Crippen molar-refractivity contribution in [2.45, 2.75) is 58.3 Å². The summed E-state index contributed by atoms with van der Waals surface area (Å²) in [7, 11) is 0. The molecule has 0 saturated heterocycles. The molecule has 0 aromatic heterocycles. The van der Waals surface area contributed by atoms with Crippen LogP contribution in [0, 0.1) is 23.7 Å². The summed E-state index contributed by atoms with van der Waals surface area (Å²) >= 11 is 0. The van der Waals surface area contributed by atoms with E-state index in [1.807, 2.05) is 6.08 Å². The molecule has 1 nitrogen and oxygen atoms in total. The SMILES string of the molecule is CC=C[C@H]1CC[C@H]([C@H]2CC[C@H](C=CCO)CC2)CC1. The Morgan fingerprint density at radius 1 is 0.789 bits per heavy atom. The number of hydrogen-bond acceptors (Lipinski definition) is 1. The molecule has 2 rings (SSSR count). The molecule has 19 heavy (non-hydrogen) atoms. The highest BCUT2D eigenvalue weighted by Gasteiger charge is 2.29. The second-order valence-electron chi connectivity index (χ2n) is 6.49.